The largest absolute Gasteiger partial charge is 0.354 e. The highest BCUT2D eigenvalue weighted by atomic mass is 32.2. The summed E-state index contributed by atoms with van der Waals surface area (Å²) in [6.45, 7) is 5.32. The highest BCUT2D eigenvalue weighted by molar-refractivity contribution is 7.90. The molecular weight excluding hydrogens is 430 g/mol. The van der Waals surface area contributed by atoms with Crippen LogP contribution in [0.2, 0.25) is 0 Å². The van der Waals surface area contributed by atoms with Crippen molar-refractivity contribution in [3.63, 3.8) is 0 Å². The third-order valence-electron chi connectivity index (χ3n) is 5.34. The molecule has 0 aliphatic carbocycles. The van der Waals surface area contributed by atoms with Gasteiger partial charge in [-0.1, -0.05) is 48.9 Å². The number of benzene rings is 2. The summed E-state index contributed by atoms with van der Waals surface area (Å²) in [5.74, 6) is -1.71. The molecule has 0 bridgehead atoms. The number of rotatable bonds is 8. The first kappa shape index (κ1) is 23.5. The molecule has 0 radical (unpaired) electrons. The monoisotopic (exact) mass is 457 g/mol. The molecule has 3 amide bonds. The van der Waals surface area contributed by atoms with Crippen molar-refractivity contribution >= 4 is 27.7 Å². The van der Waals surface area contributed by atoms with Crippen molar-refractivity contribution in [2.45, 2.75) is 44.7 Å². The van der Waals surface area contributed by atoms with Crippen molar-refractivity contribution in [2.24, 2.45) is 0 Å². The number of carbonyl (C=O) groups is 3. The van der Waals surface area contributed by atoms with Crippen LogP contribution in [0.5, 0.6) is 0 Å². The number of hydrogen-bond donors (Lipinski definition) is 1. The number of nitrogens with zero attached hydrogens (tertiary/aromatic N) is 2. The van der Waals surface area contributed by atoms with Gasteiger partial charge in [-0.05, 0) is 38.0 Å². The Kier molecular flexibility index (Phi) is 6.98. The standard InChI is InChI=1S/C23H27N3O5S/c1-4-12-24-22(28)17(3)25(14-18-9-7-8-16(2)13-18)21(27)15-26-23(29)19-10-5-6-11-20(19)32(26,30)31/h5-11,13,17H,4,12,14-15H2,1-3H3,(H,24,28). The van der Waals surface area contributed by atoms with Gasteiger partial charge in [0.1, 0.15) is 17.5 Å². The van der Waals surface area contributed by atoms with Crippen molar-refractivity contribution in [3.05, 3.63) is 65.2 Å². The fourth-order valence-corrected chi connectivity index (χ4v) is 5.10. The Labute approximate surface area is 188 Å². The van der Waals surface area contributed by atoms with E-state index in [0.29, 0.717) is 10.8 Å². The van der Waals surface area contributed by atoms with Crippen molar-refractivity contribution in [3.8, 4) is 0 Å². The molecule has 9 heteroatoms. The molecule has 1 aliphatic rings. The molecule has 1 aliphatic heterocycles. The van der Waals surface area contributed by atoms with Crippen LogP contribution in [-0.4, -0.2) is 54.5 Å². The van der Waals surface area contributed by atoms with E-state index in [0.717, 1.165) is 17.5 Å². The zero-order valence-corrected chi connectivity index (χ0v) is 19.2. The summed E-state index contributed by atoms with van der Waals surface area (Å²) < 4.78 is 26.3. The van der Waals surface area contributed by atoms with Gasteiger partial charge >= 0.3 is 0 Å². The van der Waals surface area contributed by atoms with E-state index in [4.69, 9.17) is 0 Å². The summed E-state index contributed by atoms with van der Waals surface area (Å²) in [6.07, 6.45) is 0.739. The van der Waals surface area contributed by atoms with Crippen LogP contribution in [-0.2, 0) is 26.2 Å². The second-order valence-electron chi connectivity index (χ2n) is 7.79. The number of carbonyl (C=O) groups excluding carboxylic acids is 3. The molecule has 1 heterocycles. The van der Waals surface area contributed by atoms with E-state index in [9.17, 15) is 22.8 Å². The lowest BCUT2D eigenvalue weighted by molar-refractivity contribution is -0.140. The van der Waals surface area contributed by atoms with E-state index in [1.54, 1.807) is 13.0 Å². The van der Waals surface area contributed by atoms with Crippen molar-refractivity contribution in [2.75, 3.05) is 13.1 Å². The van der Waals surface area contributed by atoms with E-state index < -0.39 is 34.4 Å². The SMILES string of the molecule is CCCNC(=O)C(C)N(Cc1cccc(C)c1)C(=O)CN1C(=O)c2ccccc2S1(=O)=O. The minimum atomic E-state index is -4.13. The molecule has 32 heavy (non-hydrogen) atoms. The Balaban J connectivity index is 1.88. The second-order valence-corrected chi connectivity index (χ2v) is 9.62. The minimum Gasteiger partial charge on any atom is -0.354 e. The zero-order chi connectivity index (χ0) is 23.5. The molecule has 0 saturated carbocycles. The predicted octanol–water partition coefficient (Wildman–Crippen LogP) is 2.08. The van der Waals surface area contributed by atoms with Crippen LogP contribution in [0.15, 0.2) is 53.4 Å². The van der Waals surface area contributed by atoms with E-state index in [1.165, 1.54) is 23.1 Å². The van der Waals surface area contributed by atoms with Gasteiger partial charge in [-0.3, -0.25) is 14.4 Å². The number of hydrogen-bond acceptors (Lipinski definition) is 5. The van der Waals surface area contributed by atoms with Crippen LogP contribution in [0.1, 0.15) is 41.8 Å². The maximum absolute atomic E-state index is 13.3. The Morgan fingerprint density at radius 3 is 2.50 bits per heavy atom. The van der Waals surface area contributed by atoms with Crippen LogP contribution < -0.4 is 5.32 Å². The third-order valence-corrected chi connectivity index (χ3v) is 7.13. The van der Waals surface area contributed by atoms with Crippen LogP contribution in [0.3, 0.4) is 0 Å². The van der Waals surface area contributed by atoms with Gasteiger partial charge in [0.2, 0.25) is 11.8 Å². The lowest BCUT2D eigenvalue weighted by atomic mass is 10.1. The van der Waals surface area contributed by atoms with Gasteiger partial charge in [-0.25, -0.2) is 12.7 Å². The highest BCUT2D eigenvalue weighted by Gasteiger charge is 2.43. The van der Waals surface area contributed by atoms with Gasteiger partial charge < -0.3 is 10.2 Å². The van der Waals surface area contributed by atoms with Crippen LogP contribution in [0, 0.1) is 6.92 Å². The molecule has 170 valence electrons. The summed E-state index contributed by atoms with van der Waals surface area (Å²) in [6, 6.07) is 12.5. The first-order valence-corrected chi connectivity index (χ1v) is 11.9. The third kappa shape index (κ3) is 4.67. The van der Waals surface area contributed by atoms with Gasteiger partial charge in [0, 0.05) is 13.1 Å². The molecule has 0 saturated heterocycles. The van der Waals surface area contributed by atoms with E-state index in [2.05, 4.69) is 5.32 Å². The van der Waals surface area contributed by atoms with Gasteiger partial charge in [0.05, 0.1) is 5.56 Å². The zero-order valence-electron chi connectivity index (χ0n) is 18.4. The molecule has 1 N–H and O–H groups in total. The van der Waals surface area contributed by atoms with E-state index in [-0.39, 0.29) is 22.9 Å². The molecule has 1 unspecified atom stereocenters. The molecule has 0 aromatic heterocycles. The lowest BCUT2D eigenvalue weighted by Crippen LogP contribution is -2.51. The number of amides is 3. The van der Waals surface area contributed by atoms with Crippen LogP contribution in [0.4, 0.5) is 0 Å². The van der Waals surface area contributed by atoms with Crippen LogP contribution >= 0.6 is 0 Å². The minimum absolute atomic E-state index is 0.0410. The van der Waals surface area contributed by atoms with Crippen molar-refractivity contribution < 1.29 is 22.8 Å². The summed E-state index contributed by atoms with van der Waals surface area (Å²) in [4.78, 5) is 39.8. The second kappa shape index (κ2) is 9.52. The summed E-state index contributed by atoms with van der Waals surface area (Å²) in [5.41, 5.74) is 1.83. The number of aryl methyl sites for hydroxylation is 1. The normalized spacial score (nSPS) is 15.2. The average molecular weight is 458 g/mol. The fourth-order valence-electron chi connectivity index (χ4n) is 3.59. The molecule has 3 rings (SSSR count). The molecule has 0 spiro atoms. The Hall–Kier alpha value is -3.20. The number of fused-ring (bicyclic) bond motifs is 1. The predicted molar refractivity (Wildman–Crippen MR) is 119 cm³/mol. The fraction of sp³-hybridized carbons (Fsp3) is 0.348. The van der Waals surface area contributed by atoms with E-state index in [1.807, 2.05) is 38.1 Å². The molecule has 1 atom stereocenters. The first-order valence-electron chi connectivity index (χ1n) is 10.5. The molecule has 2 aromatic carbocycles. The van der Waals surface area contributed by atoms with E-state index >= 15 is 0 Å². The highest BCUT2D eigenvalue weighted by Crippen LogP contribution is 2.30. The summed E-state index contributed by atoms with van der Waals surface area (Å²) in [7, 11) is -4.13. The van der Waals surface area contributed by atoms with Crippen LogP contribution in [0.25, 0.3) is 0 Å². The molecule has 2 aromatic rings. The lowest BCUT2D eigenvalue weighted by Gasteiger charge is -2.30. The Morgan fingerprint density at radius 1 is 1.12 bits per heavy atom. The van der Waals surface area contributed by atoms with Gasteiger partial charge in [0.25, 0.3) is 15.9 Å². The van der Waals surface area contributed by atoms with Crippen molar-refractivity contribution in [1.29, 1.82) is 0 Å². The topological polar surface area (TPSA) is 104 Å². The maximum Gasteiger partial charge on any atom is 0.269 e. The Bertz CT molecular complexity index is 1150. The quantitative estimate of drug-likeness (QED) is 0.654. The molecular formula is C23H27N3O5S. The Morgan fingerprint density at radius 2 is 1.84 bits per heavy atom. The maximum atomic E-state index is 13.3. The molecule has 8 nitrogen and oxygen atoms in total. The average Bonchev–Trinajstić information content (AvgIpc) is 2.96. The van der Waals surface area contributed by atoms with Gasteiger partial charge in [-0.2, -0.15) is 0 Å². The smallest absolute Gasteiger partial charge is 0.269 e. The van der Waals surface area contributed by atoms with Crippen molar-refractivity contribution in [1.82, 2.24) is 14.5 Å². The van der Waals surface area contributed by atoms with Gasteiger partial charge in [-0.15, -0.1) is 0 Å². The summed E-state index contributed by atoms with van der Waals surface area (Å²) >= 11 is 0. The number of nitrogens with one attached hydrogen (secondary N) is 1. The molecule has 0 fully saturated rings. The first-order chi connectivity index (χ1) is 15.2. The summed E-state index contributed by atoms with van der Waals surface area (Å²) in [5, 5.41) is 2.77. The number of sulfonamides is 1. The van der Waals surface area contributed by atoms with Gasteiger partial charge in [0.15, 0.2) is 0 Å².